The fourth-order valence-corrected chi connectivity index (χ4v) is 2.69. The molecular formula is C13H21OP3. The second kappa shape index (κ2) is 5.44. The first-order valence-electron chi connectivity index (χ1n) is 5.60. The number of carbonyl (C=O) groups excluding carboxylic acids is 1. The fraction of sp³-hybridized carbons (Fsp3) is 0.462. The van der Waals surface area contributed by atoms with Crippen LogP contribution < -0.4 is 15.9 Å². The third kappa shape index (κ3) is 3.57. The number of hydrogen-bond acceptors (Lipinski definition) is 1. The lowest BCUT2D eigenvalue weighted by Gasteiger charge is -2.19. The van der Waals surface area contributed by atoms with Crippen molar-refractivity contribution in [1.82, 2.24) is 0 Å². The summed E-state index contributed by atoms with van der Waals surface area (Å²) in [6.45, 7) is 7.99. The second-order valence-corrected chi connectivity index (χ2v) is 7.20. The Kier molecular flexibility index (Phi) is 4.88. The molecule has 0 saturated carbocycles. The first-order valence-corrected chi connectivity index (χ1v) is 7.34. The summed E-state index contributed by atoms with van der Waals surface area (Å²) in [4.78, 5) is 12.1. The van der Waals surface area contributed by atoms with Crippen LogP contribution in [0.15, 0.2) is 6.07 Å². The Morgan fingerprint density at radius 3 is 2.18 bits per heavy atom. The molecule has 3 unspecified atom stereocenters. The molecule has 0 saturated heterocycles. The highest BCUT2D eigenvalue weighted by Gasteiger charge is 2.22. The van der Waals surface area contributed by atoms with Gasteiger partial charge in [-0.05, 0) is 34.0 Å². The molecule has 0 bridgehead atoms. The van der Waals surface area contributed by atoms with E-state index in [4.69, 9.17) is 0 Å². The topological polar surface area (TPSA) is 17.1 Å². The van der Waals surface area contributed by atoms with Gasteiger partial charge >= 0.3 is 0 Å². The van der Waals surface area contributed by atoms with E-state index in [1.807, 2.05) is 20.8 Å². The van der Waals surface area contributed by atoms with Crippen molar-refractivity contribution in [2.75, 3.05) is 0 Å². The number of ketones is 1. The van der Waals surface area contributed by atoms with Gasteiger partial charge in [-0.15, -0.1) is 27.7 Å². The maximum absolute atomic E-state index is 12.1. The van der Waals surface area contributed by atoms with E-state index in [2.05, 4.69) is 40.7 Å². The Morgan fingerprint density at radius 1 is 1.18 bits per heavy atom. The van der Waals surface area contributed by atoms with Crippen LogP contribution >= 0.6 is 27.7 Å². The van der Waals surface area contributed by atoms with Gasteiger partial charge in [-0.25, -0.2) is 0 Å². The van der Waals surface area contributed by atoms with Crippen LogP contribution in [-0.2, 0) is 11.2 Å². The molecule has 1 aromatic carbocycles. The minimum Gasteiger partial charge on any atom is -0.299 e. The van der Waals surface area contributed by atoms with Crippen LogP contribution in [0.2, 0.25) is 0 Å². The summed E-state index contributed by atoms with van der Waals surface area (Å²) in [6, 6.07) is 2.09. The zero-order valence-corrected chi connectivity index (χ0v) is 14.4. The molecule has 0 aromatic heterocycles. The van der Waals surface area contributed by atoms with E-state index < -0.39 is 0 Å². The van der Waals surface area contributed by atoms with E-state index in [1.165, 1.54) is 10.9 Å². The van der Waals surface area contributed by atoms with Gasteiger partial charge in [0, 0.05) is 11.8 Å². The standard InChI is InChI=1S/C13H21OP3/c1-7-11(16)8(5-9(15)12(7)17)6-10(14)13(2,3)4/h5H,6,15-17H2,1-4H3. The zero-order chi connectivity index (χ0) is 13.4. The Hall–Kier alpha value is 0.180. The van der Waals surface area contributed by atoms with Crippen molar-refractivity contribution in [1.29, 1.82) is 0 Å². The van der Waals surface area contributed by atoms with Crippen molar-refractivity contribution in [3.63, 3.8) is 0 Å². The van der Waals surface area contributed by atoms with Crippen LogP contribution in [0, 0.1) is 12.3 Å². The van der Waals surface area contributed by atoms with Crippen LogP contribution in [0.25, 0.3) is 0 Å². The van der Waals surface area contributed by atoms with E-state index in [0.717, 1.165) is 16.2 Å². The number of carbonyl (C=O) groups is 1. The average molecular weight is 286 g/mol. The van der Waals surface area contributed by atoms with Gasteiger partial charge < -0.3 is 0 Å². The van der Waals surface area contributed by atoms with Crippen molar-refractivity contribution in [2.24, 2.45) is 5.41 Å². The first kappa shape index (κ1) is 15.2. The Morgan fingerprint density at radius 2 is 1.71 bits per heavy atom. The Bertz CT molecular complexity index is 459. The highest BCUT2D eigenvalue weighted by atomic mass is 31.0. The zero-order valence-electron chi connectivity index (χ0n) is 10.9. The summed E-state index contributed by atoms with van der Waals surface area (Å²) >= 11 is 0. The van der Waals surface area contributed by atoms with Gasteiger partial charge in [0.1, 0.15) is 5.78 Å². The molecule has 0 aliphatic rings. The third-order valence-electron chi connectivity index (χ3n) is 2.98. The fourth-order valence-electron chi connectivity index (χ4n) is 1.53. The predicted octanol–water partition coefficient (Wildman–Crippen LogP) is 1.65. The summed E-state index contributed by atoms with van der Waals surface area (Å²) in [5, 5.41) is 3.50. The SMILES string of the molecule is Cc1c(P)c(P)cc(CC(=O)C(C)(C)C)c1P. The first-order chi connectivity index (χ1) is 7.64. The highest BCUT2D eigenvalue weighted by molar-refractivity contribution is 7.36. The lowest BCUT2D eigenvalue weighted by molar-refractivity contribution is -0.125. The molecule has 1 aromatic rings. The summed E-state index contributed by atoms with van der Waals surface area (Å²) in [6.07, 6.45) is 0.509. The van der Waals surface area contributed by atoms with E-state index in [9.17, 15) is 4.79 Å². The minimum absolute atomic E-state index is 0.272. The largest absolute Gasteiger partial charge is 0.299 e. The van der Waals surface area contributed by atoms with Crippen LogP contribution in [0.4, 0.5) is 0 Å². The number of rotatable bonds is 2. The van der Waals surface area contributed by atoms with Crippen molar-refractivity contribution >= 4 is 49.4 Å². The predicted molar refractivity (Wildman–Crippen MR) is 87.4 cm³/mol. The monoisotopic (exact) mass is 286 g/mol. The molecule has 17 heavy (non-hydrogen) atoms. The van der Waals surface area contributed by atoms with Gasteiger partial charge in [-0.3, -0.25) is 4.79 Å². The molecule has 94 valence electrons. The molecule has 4 heteroatoms. The van der Waals surface area contributed by atoms with Crippen LogP contribution in [-0.4, -0.2) is 5.78 Å². The van der Waals surface area contributed by atoms with Gasteiger partial charge in [0.2, 0.25) is 0 Å². The van der Waals surface area contributed by atoms with Gasteiger partial charge in [-0.2, -0.15) is 0 Å². The Labute approximate surface area is 111 Å². The molecule has 0 fully saturated rings. The van der Waals surface area contributed by atoms with Gasteiger partial charge in [0.15, 0.2) is 0 Å². The quantitative estimate of drug-likeness (QED) is 0.756. The van der Waals surface area contributed by atoms with Gasteiger partial charge in [-0.1, -0.05) is 26.8 Å². The lowest BCUT2D eigenvalue weighted by Crippen LogP contribution is -2.28. The van der Waals surface area contributed by atoms with Crippen molar-refractivity contribution in [2.45, 2.75) is 34.1 Å². The number of hydrogen-bond donors (Lipinski definition) is 0. The molecule has 1 rings (SSSR count). The molecule has 3 atom stereocenters. The summed E-state index contributed by atoms with van der Waals surface area (Å²) in [5.74, 6) is 0.279. The normalized spacial score (nSPS) is 11.7. The summed E-state index contributed by atoms with van der Waals surface area (Å²) in [5.41, 5.74) is 2.07. The maximum Gasteiger partial charge on any atom is 0.142 e. The second-order valence-electron chi connectivity index (χ2n) is 5.43. The molecule has 0 radical (unpaired) electrons. The highest BCUT2D eigenvalue weighted by Crippen LogP contribution is 2.18. The van der Waals surface area contributed by atoms with E-state index >= 15 is 0 Å². The third-order valence-corrected chi connectivity index (χ3v) is 5.36. The van der Waals surface area contributed by atoms with Crippen LogP contribution in [0.1, 0.15) is 31.9 Å². The van der Waals surface area contributed by atoms with Crippen molar-refractivity contribution in [3.05, 3.63) is 17.2 Å². The minimum atomic E-state index is -0.272. The molecular weight excluding hydrogens is 265 g/mol. The van der Waals surface area contributed by atoms with E-state index in [-0.39, 0.29) is 11.2 Å². The summed E-state index contributed by atoms with van der Waals surface area (Å²) < 4.78 is 0. The van der Waals surface area contributed by atoms with Gasteiger partial charge in [0.05, 0.1) is 0 Å². The molecule has 0 aliphatic carbocycles. The maximum atomic E-state index is 12.1. The van der Waals surface area contributed by atoms with Crippen LogP contribution in [0.5, 0.6) is 0 Å². The lowest BCUT2D eigenvalue weighted by atomic mass is 9.87. The number of benzene rings is 1. The molecule has 0 amide bonds. The number of Topliss-reactive ketones (excluding diaryl/α,β-unsaturated/α-hetero) is 1. The summed E-state index contributed by atoms with van der Waals surface area (Å²) in [7, 11) is 8.24. The van der Waals surface area contributed by atoms with Crippen molar-refractivity contribution < 1.29 is 4.79 Å². The van der Waals surface area contributed by atoms with Gasteiger partial charge in [0.25, 0.3) is 0 Å². The molecule has 0 aliphatic heterocycles. The molecule has 0 N–H and O–H groups in total. The van der Waals surface area contributed by atoms with Crippen molar-refractivity contribution in [3.8, 4) is 0 Å². The molecule has 1 nitrogen and oxygen atoms in total. The molecule has 0 heterocycles. The smallest absolute Gasteiger partial charge is 0.142 e. The molecule has 0 spiro atoms. The Balaban J connectivity index is 3.13. The van der Waals surface area contributed by atoms with E-state index in [0.29, 0.717) is 6.42 Å². The van der Waals surface area contributed by atoms with E-state index in [1.54, 1.807) is 0 Å². The van der Waals surface area contributed by atoms with Crippen LogP contribution in [0.3, 0.4) is 0 Å². The average Bonchev–Trinajstić information content (AvgIpc) is 2.21.